The van der Waals surface area contributed by atoms with Crippen molar-refractivity contribution in [2.45, 2.75) is 55.6 Å². The summed E-state index contributed by atoms with van der Waals surface area (Å²) in [5, 5.41) is 4.23. The van der Waals surface area contributed by atoms with Gasteiger partial charge in [0.05, 0.1) is 20.6 Å². The van der Waals surface area contributed by atoms with Crippen molar-refractivity contribution in [3.63, 3.8) is 0 Å². The number of sulfonamides is 1. The molecule has 4 aromatic carbocycles. The molecular formula is C35H34Cl3N3O4S. The van der Waals surface area contributed by atoms with E-state index >= 15 is 0 Å². The van der Waals surface area contributed by atoms with Crippen molar-refractivity contribution >= 4 is 62.3 Å². The molecule has 0 radical (unpaired) electrons. The van der Waals surface area contributed by atoms with E-state index in [0.29, 0.717) is 20.6 Å². The van der Waals surface area contributed by atoms with Gasteiger partial charge in [0.2, 0.25) is 11.8 Å². The molecule has 1 saturated carbocycles. The molecule has 1 fully saturated rings. The maximum Gasteiger partial charge on any atom is 0.264 e. The van der Waals surface area contributed by atoms with Crippen molar-refractivity contribution in [3.05, 3.63) is 129 Å². The van der Waals surface area contributed by atoms with Crippen LogP contribution in [0.25, 0.3) is 0 Å². The number of carbonyl (C=O) groups is 2. The van der Waals surface area contributed by atoms with E-state index in [-0.39, 0.29) is 35.5 Å². The van der Waals surface area contributed by atoms with Gasteiger partial charge < -0.3 is 10.2 Å². The van der Waals surface area contributed by atoms with Crippen LogP contribution in [0, 0.1) is 0 Å². The second-order valence-corrected chi connectivity index (χ2v) is 14.4. The van der Waals surface area contributed by atoms with Gasteiger partial charge in [0.15, 0.2) is 0 Å². The largest absolute Gasteiger partial charge is 0.352 e. The van der Waals surface area contributed by atoms with Gasteiger partial charge in [-0.05, 0) is 72.5 Å². The molecule has 0 aliphatic heterocycles. The zero-order valence-corrected chi connectivity index (χ0v) is 28.1. The van der Waals surface area contributed by atoms with E-state index in [2.05, 4.69) is 5.32 Å². The summed E-state index contributed by atoms with van der Waals surface area (Å²) in [5.74, 6) is -0.865. The lowest BCUT2D eigenvalue weighted by Crippen LogP contribution is -2.54. The summed E-state index contributed by atoms with van der Waals surface area (Å²) in [7, 11) is -4.20. The SMILES string of the molecule is O=C(NC1CCCC1)[C@H](Cc1ccccc1)N(Cc1ccc(Cl)c(Cl)c1)C(=O)CN(c1ccc(Cl)cc1)S(=O)(=O)c1ccccc1. The Hall–Kier alpha value is -3.56. The second kappa shape index (κ2) is 15.4. The van der Waals surface area contributed by atoms with E-state index in [4.69, 9.17) is 34.8 Å². The average molecular weight is 699 g/mol. The maximum atomic E-state index is 14.6. The number of hydrogen-bond donors (Lipinski definition) is 1. The first-order valence-corrected chi connectivity index (χ1v) is 17.6. The number of benzene rings is 4. The quantitative estimate of drug-likeness (QED) is 0.166. The van der Waals surface area contributed by atoms with Crippen LogP contribution < -0.4 is 9.62 Å². The molecule has 0 unspecified atom stereocenters. The summed E-state index contributed by atoms with van der Waals surface area (Å²) in [6, 6.07) is 27.7. The van der Waals surface area contributed by atoms with Gasteiger partial charge in [0, 0.05) is 24.0 Å². The van der Waals surface area contributed by atoms with E-state index in [1.807, 2.05) is 30.3 Å². The van der Waals surface area contributed by atoms with E-state index in [9.17, 15) is 18.0 Å². The van der Waals surface area contributed by atoms with Gasteiger partial charge in [0.1, 0.15) is 12.6 Å². The highest BCUT2D eigenvalue weighted by Gasteiger charge is 2.35. The Balaban J connectivity index is 1.57. The van der Waals surface area contributed by atoms with Crippen LogP contribution in [0.15, 0.2) is 108 Å². The Kier molecular flexibility index (Phi) is 11.3. The molecular weight excluding hydrogens is 665 g/mol. The third-order valence-electron chi connectivity index (χ3n) is 8.03. The third-order valence-corrected chi connectivity index (χ3v) is 10.8. The molecule has 0 saturated heterocycles. The molecule has 2 amide bonds. The van der Waals surface area contributed by atoms with Gasteiger partial charge in [0.25, 0.3) is 10.0 Å². The number of carbonyl (C=O) groups excluding carboxylic acids is 2. The highest BCUT2D eigenvalue weighted by molar-refractivity contribution is 7.92. The lowest BCUT2D eigenvalue weighted by Gasteiger charge is -2.34. The fraction of sp³-hybridized carbons (Fsp3) is 0.257. The second-order valence-electron chi connectivity index (χ2n) is 11.3. The number of nitrogens with one attached hydrogen (secondary N) is 1. The average Bonchev–Trinajstić information content (AvgIpc) is 3.57. The summed E-state index contributed by atoms with van der Waals surface area (Å²) in [6.45, 7) is -0.576. The topological polar surface area (TPSA) is 86.8 Å². The van der Waals surface area contributed by atoms with Crippen LogP contribution in [-0.2, 0) is 32.6 Å². The molecule has 0 aromatic heterocycles. The molecule has 11 heteroatoms. The first-order valence-electron chi connectivity index (χ1n) is 15.0. The summed E-state index contributed by atoms with van der Waals surface area (Å²) in [5.41, 5.74) is 1.75. The van der Waals surface area contributed by atoms with E-state index in [0.717, 1.165) is 35.6 Å². The van der Waals surface area contributed by atoms with E-state index in [1.165, 1.54) is 17.0 Å². The fourth-order valence-corrected chi connectivity index (χ4v) is 7.49. The summed E-state index contributed by atoms with van der Waals surface area (Å²) < 4.78 is 29.2. The zero-order valence-electron chi connectivity index (χ0n) is 25.0. The van der Waals surface area contributed by atoms with Gasteiger partial charge >= 0.3 is 0 Å². The van der Waals surface area contributed by atoms with Crippen LogP contribution in [0.5, 0.6) is 0 Å². The van der Waals surface area contributed by atoms with Gasteiger partial charge in [-0.1, -0.05) is 102 Å². The Morgan fingerprint density at radius 2 is 1.41 bits per heavy atom. The number of hydrogen-bond acceptors (Lipinski definition) is 4. The summed E-state index contributed by atoms with van der Waals surface area (Å²) in [4.78, 5) is 30.1. The molecule has 1 atom stereocenters. The number of amides is 2. The first kappa shape index (κ1) is 33.8. The highest BCUT2D eigenvalue weighted by Crippen LogP contribution is 2.28. The Bertz CT molecular complexity index is 1750. The summed E-state index contributed by atoms with van der Waals surface area (Å²) >= 11 is 18.7. The molecule has 0 heterocycles. The van der Waals surface area contributed by atoms with Gasteiger partial charge in [-0.3, -0.25) is 13.9 Å². The predicted octanol–water partition coefficient (Wildman–Crippen LogP) is 7.54. The molecule has 7 nitrogen and oxygen atoms in total. The molecule has 4 aromatic rings. The van der Waals surface area contributed by atoms with E-state index < -0.39 is 28.5 Å². The van der Waals surface area contributed by atoms with Crippen molar-refractivity contribution in [2.24, 2.45) is 0 Å². The van der Waals surface area contributed by atoms with Crippen molar-refractivity contribution in [1.29, 1.82) is 0 Å². The van der Waals surface area contributed by atoms with Crippen LogP contribution in [0.3, 0.4) is 0 Å². The first-order chi connectivity index (χ1) is 22.1. The smallest absolute Gasteiger partial charge is 0.264 e. The Morgan fingerprint density at radius 1 is 0.783 bits per heavy atom. The van der Waals surface area contributed by atoms with Crippen LogP contribution in [0.2, 0.25) is 15.1 Å². The third kappa shape index (κ3) is 8.42. The normalized spacial score (nSPS) is 14.1. The van der Waals surface area contributed by atoms with Gasteiger partial charge in [-0.25, -0.2) is 8.42 Å². The van der Waals surface area contributed by atoms with Crippen LogP contribution in [0.1, 0.15) is 36.8 Å². The molecule has 0 spiro atoms. The highest BCUT2D eigenvalue weighted by atomic mass is 35.5. The lowest BCUT2D eigenvalue weighted by molar-refractivity contribution is -0.140. The Labute approximate surface area is 285 Å². The minimum atomic E-state index is -4.20. The number of halogens is 3. The van der Waals surface area contributed by atoms with Crippen molar-refractivity contribution in [1.82, 2.24) is 10.2 Å². The minimum absolute atomic E-state index is 0.00878. The standard InChI is InChI=1S/C35H34Cl3N3O4S/c36-27-16-18-29(19-17-27)41(46(44,45)30-13-5-2-6-14-30)24-34(42)40(23-26-15-20-31(37)32(38)21-26)33(22-25-9-3-1-4-10-25)35(43)39-28-11-7-8-12-28/h1-6,9-10,13-21,28,33H,7-8,11-12,22-24H2,(H,39,43)/t33-/m0/s1. The Morgan fingerprint density at radius 3 is 2.04 bits per heavy atom. The fourth-order valence-electron chi connectivity index (χ4n) is 5.61. The minimum Gasteiger partial charge on any atom is -0.352 e. The van der Waals surface area contributed by atoms with Crippen LogP contribution in [-0.4, -0.2) is 43.8 Å². The maximum absolute atomic E-state index is 14.6. The molecule has 46 heavy (non-hydrogen) atoms. The lowest BCUT2D eigenvalue weighted by atomic mass is 10.0. The van der Waals surface area contributed by atoms with Crippen LogP contribution >= 0.6 is 34.8 Å². The molecule has 0 bridgehead atoms. The molecule has 5 rings (SSSR count). The van der Waals surface area contributed by atoms with Crippen molar-refractivity contribution in [2.75, 3.05) is 10.8 Å². The summed E-state index contributed by atoms with van der Waals surface area (Å²) in [6.07, 6.45) is 3.99. The van der Waals surface area contributed by atoms with Gasteiger partial charge in [-0.2, -0.15) is 0 Å². The van der Waals surface area contributed by atoms with Gasteiger partial charge in [-0.15, -0.1) is 0 Å². The molecule has 1 aliphatic rings. The number of nitrogens with zero attached hydrogens (tertiary/aromatic N) is 2. The van der Waals surface area contributed by atoms with Crippen molar-refractivity contribution < 1.29 is 18.0 Å². The molecule has 1 aliphatic carbocycles. The van der Waals surface area contributed by atoms with E-state index in [1.54, 1.807) is 60.7 Å². The zero-order chi connectivity index (χ0) is 32.7. The number of rotatable bonds is 12. The molecule has 240 valence electrons. The monoisotopic (exact) mass is 697 g/mol. The van der Waals surface area contributed by atoms with Crippen molar-refractivity contribution in [3.8, 4) is 0 Å². The number of anilines is 1. The molecule has 1 N–H and O–H groups in total. The van der Waals surface area contributed by atoms with Crippen LogP contribution in [0.4, 0.5) is 5.69 Å². The predicted molar refractivity (Wildman–Crippen MR) is 184 cm³/mol.